The topological polar surface area (TPSA) is 57.2 Å². The first-order valence-corrected chi connectivity index (χ1v) is 7.83. The minimum absolute atomic E-state index is 0.143. The number of allylic oxidation sites excluding steroid dienone is 1. The monoisotopic (exact) mass is 332 g/mol. The number of halogens is 2. The summed E-state index contributed by atoms with van der Waals surface area (Å²) in [4.78, 5) is 12.3. The van der Waals surface area contributed by atoms with E-state index in [1.807, 2.05) is 13.0 Å². The molecule has 2 N–H and O–H groups in total. The number of fused-ring (bicyclic) bond motifs is 3. The van der Waals surface area contributed by atoms with Crippen LogP contribution in [0.2, 0.25) is 0 Å². The summed E-state index contributed by atoms with van der Waals surface area (Å²) in [5.41, 5.74) is 8.55. The van der Waals surface area contributed by atoms with Crippen molar-refractivity contribution >= 4 is 22.6 Å². The summed E-state index contributed by atoms with van der Waals surface area (Å²) in [5.74, 6) is -2.34. The highest BCUT2D eigenvalue weighted by molar-refractivity contribution is 6.02. The molecule has 1 aliphatic heterocycles. The molecular formula is C18H18F2N2O2. The van der Waals surface area contributed by atoms with E-state index >= 15 is 0 Å². The van der Waals surface area contributed by atoms with Gasteiger partial charge >= 0.3 is 5.97 Å². The molecule has 24 heavy (non-hydrogen) atoms. The number of nitrogens with two attached hydrogens (primary N) is 1. The quantitative estimate of drug-likeness (QED) is 0.875. The number of hydrogen-bond acceptors (Lipinski definition) is 3. The lowest BCUT2D eigenvalue weighted by atomic mass is 10.0. The molecule has 0 saturated heterocycles. The lowest BCUT2D eigenvalue weighted by Gasteiger charge is -2.11. The van der Waals surface area contributed by atoms with E-state index in [-0.39, 0.29) is 17.7 Å². The van der Waals surface area contributed by atoms with Crippen molar-refractivity contribution in [1.82, 2.24) is 4.57 Å². The Morgan fingerprint density at radius 2 is 2.08 bits per heavy atom. The second kappa shape index (κ2) is 6.11. The van der Waals surface area contributed by atoms with Crippen LogP contribution in [0, 0.1) is 11.6 Å². The number of hydrogen-bond donors (Lipinski definition) is 1. The van der Waals surface area contributed by atoms with Crippen LogP contribution in [-0.2, 0) is 16.1 Å². The number of carbonyl (C=O) groups excluding carboxylic acids is 1. The maximum Gasteiger partial charge on any atom is 0.340 e. The van der Waals surface area contributed by atoms with Crippen molar-refractivity contribution in [2.24, 2.45) is 5.73 Å². The van der Waals surface area contributed by atoms with Crippen molar-refractivity contribution < 1.29 is 18.3 Å². The van der Waals surface area contributed by atoms with Gasteiger partial charge in [-0.1, -0.05) is 13.0 Å². The number of benzene rings is 1. The average molecular weight is 332 g/mol. The standard InChI is InChI=1S/C18H18F2N2O2/c1-3-10-7-8-22-13-6-5-12(19)16(20)11(13)9-14(22)17(21)15(10)18(23)24-4-2/h5-7,9H,3-4,8,21H2,1-2H3. The van der Waals surface area contributed by atoms with Gasteiger partial charge in [-0.15, -0.1) is 0 Å². The van der Waals surface area contributed by atoms with Gasteiger partial charge in [0.2, 0.25) is 0 Å². The van der Waals surface area contributed by atoms with E-state index in [2.05, 4.69) is 0 Å². The fourth-order valence-electron chi connectivity index (χ4n) is 3.06. The molecule has 0 unspecified atom stereocenters. The van der Waals surface area contributed by atoms with Crippen LogP contribution in [-0.4, -0.2) is 17.1 Å². The Bertz CT molecular complexity index is 894. The zero-order valence-electron chi connectivity index (χ0n) is 13.5. The van der Waals surface area contributed by atoms with Crippen LogP contribution in [0.1, 0.15) is 26.0 Å². The molecule has 0 bridgehead atoms. The van der Waals surface area contributed by atoms with E-state index < -0.39 is 17.6 Å². The molecule has 1 aliphatic rings. The summed E-state index contributed by atoms with van der Waals surface area (Å²) in [6, 6.07) is 4.08. The zero-order chi connectivity index (χ0) is 17.4. The third kappa shape index (κ3) is 2.38. The van der Waals surface area contributed by atoms with E-state index in [9.17, 15) is 13.6 Å². The molecule has 6 heteroatoms. The molecule has 2 heterocycles. The summed E-state index contributed by atoms with van der Waals surface area (Å²) in [6.45, 7) is 4.29. The molecule has 3 rings (SSSR count). The van der Waals surface area contributed by atoms with E-state index in [4.69, 9.17) is 10.5 Å². The van der Waals surface area contributed by atoms with Gasteiger partial charge in [-0.25, -0.2) is 13.6 Å². The highest BCUT2D eigenvalue weighted by Crippen LogP contribution is 2.33. The molecular weight excluding hydrogens is 314 g/mol. The average Bonchev–Trinajstić information content (AvgIpc) is 2.87. The Morgan fingerprint density at radius 1 is 1.33 bits per heavy atom. The number of carbonyl (C=O) groups is 1. The van der Waals surface area contributed by atoms with Gasteiger partial charge in [0.15, 0.2) is 11.6 Å². The minimum Gasteiger partial charge on any atom is -0.462 e. The largest absolute Gasteiger partial charge is 0.462 e. The first-order chi connectivity index (χ1) is 11.5. The predicted octanol–water partition coefficient (Wildman–Crippen LogP) is 3.50. The zero-order valence-corrected chi connectivity index (χ0v) is 13.5. The minimum atomic E-state index is -0.918. The van der Waals surface area contributed by atoms with Crippen LogP contribution < -0.4 is 5.73 Å². The van der Waals surface area contributed by atoms with Gasteiger partial charge in [-0.3, -0.25) is 0 Å². The molecule has 1 aromatic carbocycles. The fraction of sp³-hybridized carbons (Fsp3) is 0.278. The normalized spacial score (nSPS) is 14.4. The Labute approximate surface area is 138 Å². The van der Waals surface area contributed by atoms with Gasteiger partial charge in [0.25, 0.3) is 0 Å². The molecule has 0 aliphatic carbocycles. The lowest BCUT2D eigenvalue weighted by molar-refractivity contribution is -0.138. The van der Waals surface area contributed by atoms with E-state index in [0.29, 0.717) is 29.7 Å². The number of nitrogens with zero attached hydrogens (tertiary/aromatic N) is 1. The molecule has 0 atom stereocenters. The maximum atomic E-state index is 14.1. The summed E-state index contributed by atoms with van der Waals surface area (Å²) < 4.78 is 34.5. The van der Waals surface area contributed by atoms with Gasteiger partial charge in [-0.2, -0.15) is 0 Å². The summed E-state index contributed by atoms with van der Waals surface area (Å²) in [7, 11) is 0. The molecule has 0 amide bonds. The third-order valence-corrected chi connectivity index (χ3v) is 4.22. The Morgan fingerprint density at radius 3 is 2.75 bits per heavy atom. The van der Waals surface area contributed by atoms with Gasteiger partial charge in [0.05, 0.1) is 29.1 Å². The number of esters is 1. The maximum absolute atomic E-state index is 14.1. The number of aromatic nitrogens is 1. The Kier molecular flexibility index (Phi) is 4.13. The molecule has 2 aromatic rings. The number of rotatable bonds is 3. The van der Waals surface area contributed by atoms with Crippen LogP contribution >= 0.6 is 0 Å². The summed E-state index contributed by atoms with van der Waals surface area (Å²) in [6.07, 6.45) is 2.48. The van der Waals surface area contributed by atoms with Gasteiger partial charge < -0.3 is 15.0 Å². The highest BCUT2D eigenvalue weighted by Gasteiger charge is 2.25. The van der Waals surface area contributed by atoms with Crippen LogP contribution in [0.5, 0.6) is 0 Å². The lowest BCUT2D eigenvalue weighted by Crippen LogP contribution is -2.15. The first-order valence-electron chi connectivity index (χ1n) is 7.83. The molecule has 0 saturated carbocycles. The molecule has 1 aromatic heterocycles. The van der Waals surface area contributed by atoms with Crippen molar-refractivity contribution in [2.45, 2.75) is 26.8 Å². The second-order valence-corrected chi connectivity index (χ2v) is 5.53. The second-order valence-electron chi connectivity index (χ2n) is 5.53. The van der Waals surface area contributed by atoms with Crippen molar-refractivity contribution in [3.8, 4) is 0 Å². The highest BCUT2D eigenvalue weighted by atomic mass is 19.2. The van der Waals surface area contributed by atoms with E-state index in [0.717, 1.165) is 11.6 Å². The van der Waals surface area contributed by atoms with E-state index in [1.165, 1.54) is 12.1 Å². The summed E-state index contributed by atoms with van der Waals surface area (Å²) >= 11 is 0. The predicted molar refractivity (Wildman–Crippen MR) is 88.0 cm³/mol. The van der Waals surface area contributed by atoms with E-state index in [1.54, 1.807) is 11.5 Å². The van der Waals surface area contributed by atoms with Crippen LogP contribution in [0.4, 0.5) is 8.78 Å². The molecule has 126 valence electrons. The Balaban J connectivity index is 2.29. The molecule has 4 nitrogen and oxygen atoms in total. The van der Waals surface area contributed by atoms with Crippen molar-refractivity contribution in [1.29, 1.82) is 0 Å². The van der Waals surface area contributed by atoms with Crippen LogP contribution in [0.25, 0.3) is 16.6 Å². The first kappa shape index (κ1) is 16.2. The molecule has 0 spiro atoms. The number of ether oxygens (including phenoxy) is 1. The van der Waals surface area contributed by atoms with Crippen molar-refractivity contribution in [3.05, 3.63) is 52.7 Å². The Hall–Kier alpha value is -2.63. The van der Waals surface area contributed by atoms with Crippen molar-refractivity contribution in [3.63, 3.8) is 0 Å². The van der Waals surface area contributed by atoms with Gasteiger partial charge in [-0.05, 0) is 37.1 Å². The smallest absolute Gasteiger partial charge is 0.340 e. The van der Waals surface area contributed by atoms with Gasteiger partial charge in [0, 0.05) is 11.9 Å². The fourth-order valence-corrected chi connectivity index (χ4v) is 3.06. The molecule has 0 radical (unpaired) electrons. The molecule has 0 fully saturated rings. The van der Waals surface area contributed by atoms with Gasteiger partial charge in [0.1, 0.15) is 0 Å². The van der Waals surface area contributed by atoms with Crippen LogP contribution in [0.3, 0.4) is 0 Å². The third-order valence-electron chi connectivity index (χ3n) is 4.22. The SMILES string of the molecule is CCOC(=O)C1=C(N)c2cc3c(F)c(F)ccc3n2CC=C1CC. The summed E-state index contributed by atoms with van der Waals surface area (Å²) in [5, 5.41) is 0.143. The van der Waals surface area contributed by atoms with Crippen LogP contribution in [0.15, 0.2) is 35.4 Å². The van der Waals surface area contributed by atoms with Crippen molar-refractivity contribution in [2.75, 3.05) is 6.61 Å².